The number of ether oxygens (including phenoxy) is 1. The number of pyridine rings is 1. The van der Waals surface area contributed by atoms with Crippen molar-refractivity contribution in [3.63, 3.8) is 0 Å². The fourth-order valence-electron chi connectivity index (χ4n) is 3.73. The molecular weight excluding hydrogens is 370 g/mol. The fraction of sp³-hybridized carbons (Fsp3) is 0.450. The zero-order valence-electron chi connectivity index (χ0n) is 16.1. The molecule has 2 aromatic rings. The maximum absolute atomic E-state index is 13.2. The van der Waals surface area contributed by atoms with E-state index in [2.05, 4.69) is 25.9 Å². The van der Waals surface area contributed by atoms with E-state index in [0.717, 1.165) is 0 Å². The summed E-state index contributed by atoms with van der Waals surface area (Å²) in [7, 11) is 0. The van der Waals surface area contributed by atoms with Crippen LogP contribution in [0, 0.1) is 17.2 Å². The van der Waals surface area contributed by atoms with Crippen LogP contribution in [0.2, 0.25) is 0 Å². The fourth-order valence-corrected chi connectivity index (χ4v) is 3.73. The van der Waals surface area contributed by atoms with Crippen molar-refractivity contribution in [1.82, 2.24) is 19.9 Å². The second-order valence-corrected chi connectivity index (χ2v) is 7.07. The molecule has 1 amide bonds. The molecule has 2 aliphatic rings. The zero-order valence-corrected chi connectivity index (χ0v) is 16.1. The number of rotatable bonds is 3. The lowest BCUT2D eigenvalue weighted by atomic mass is 10.1. The highest BCUT2D eigenvalue weighted by atomic mass is 16.5. The Hall–Kier alpha value is -3.25. The van der Waals surface area contributed by atoms with Gasteiger partial charge < -0.3 is 19.4 Å². The van der Waals surface area contributed by atoms with Crippen molar-refractivity contribution < 1.29 is 9.53 Å². The Morgan fingerprint density at radius 1 is 1.03 bits per heavy atom. The van der Waals surface area contributed by atoms with E-state index in [1.165, 1.54) is 0 Å². The van der Waals surface area contributed by atoms with Crippen LogP contribution >= 0.6 is 0 Å². The van der Waals surface area contributed by atoms with Crippen molar-refractivity contribution in [2.75, 3.05) is 62.3 Å². The molecule has 0 saturated carbocycles. The first-order valence-corrected chi connectivity index (χ1v) is 9.75. The Kier molecular flexibility index (Phi) is 5.81. The SMILES string of the molecule is N#Cc1cccnc1N1CCOCC(C(=O)N2CCN(c3ncccn3)CC2)C1. The summed E-state index contributed by atoms with van der Waals surface area (Å²) in [4.78, 5) is 32.1. The van der Waals surface area contributed by atoms with Crippen molar-refractivity contribution in [2.24, 2.45) is 5.92 Å². The number of aromatic nitrogens is 3. The second-order valence-electron chi connectivity index (χ2n) is 7.07. The minimum Gasteiger partial charge on any atom is -0.379 e. The number of anilines is 2. The van der Waals surface area contributed by atoms with Gasteiger partial charge in [0, 0.05) is 57.9 Å². The Labute approximate surface area is 169 Å². The van der Waals surface area contributed by atoms with Crippen LogP contribution in [-0.2, 0) is 9.53 Å². The normalized spacial score (nSPS) is 20.1. The summed E-state index contributed by atoms with van der Waals surface area (Å²) in [6.07, 6.45) is 5.12. The summed E-state index contributed by atoms with van der Waals surface area (Å²) in [5.74, 6) is 1.11. The largest absolute Gasteiger partial charge is 0.379 e. The minimum atomic E-state index is -0.287. The number of piperazine rings is 1. The monoisotopic (exact) mass is 393 g/mol. The first kappa shape index (κ1) is 19.1. The third kappa shape index (κ3) is 4.27. The molecule has 29 heavy (non-hydrogen) atoms. The maximum atomic E-state index is 13.2. The van der Waals surface area contributed by atoms with Crippen molar-refractivity contribution in [2.45, 2.75) is 0 Å². The third-order valence-electron chi connectivity index (χ3n) is 5.25. The lowest BCUT2D eigenvalue weighted by Gasteiger charge is -2.36. The van der Waals surface area contributed by atoms with Gasteiger partial charge in [-0.15, -0.1) is 0 Å². The van der Waals surface area contributed by atoms with Gasteiger partial charge in [-0.2, -0.15) is 5.26 Å². The van der Waals surface area contributed by atoms with Crippen LogP contribution in [0.3, 0.4) is 0 Å². The molecule has 0 N–H and O–H groups in total. The highest BCUT2D eigenvalue weighted by Gasteiger charge is 2.32. The first-order chi connectivity index (χ1) is 14.3. The molecule has 2 fully saturated rings. The van der Waals surface area contributed by atoms with Gasteiger partial charge in [0.1, 0.15) is 11.9 Å². The Morgan fingerprint density at radius 3 is 2.55 bits per heavy atom. The van der Waals surface area contributed by atoms with E-state index in [1.54, 1.807) is 36.8 Å². The van der Waals surface area contributed by atoms with Gasteiger partial charge in [0.2, 0.25) is 11.9 Å². The van der Waals surface area contributed by atoms with Gasteiger partial charge in [0.15, 0.2) is 0 Å². The molecule has 0 bridgehead atoms. The van der Waals surface area contributed by atoms with E-state index in [-0.39, 0.29) is 11.8 Å². The molecule has 1 atom stereocenters. The van der Waals surface area contributed by atoms with Gasteiger partial charge in [-0.05, 0) is 18.2 Å². The van der Waals surface area contributed by atoms with Gasteiger partial charge in [-0.3, -0.25) is 4.79 Å². The topological polar surface area (TPSA) is 98.5 Å². The number of nitriles is 1. The summed E-state index contributed by atoms with van der Waals surface area (Å²) in [5.41, 5.74) is 0.511. The number of carbonyl (C=O) groups excluding carboxylic acids is 1. The lowest BCUT2D eigenvalue weighted by Crippen LogP contribution is -2.52. The molecule has 0 spiro atoms. The van der Waals surface area contributed by atoms with E-state index in [4.69, 9.17) is 4.74 Å². The molecule has 0 aromatic carbocycles. The summed E-state index contributed by atoms with van der Waals surface area (Å²) in [6.45, 7) is 4.64. The van der Waals surface area contributed by atoms with E-state index in [1.807, 2.05) is 9.80 Å². The number of amides is 1. The van der Waals surface area contributed by atoms with E-state index in [9.17, 15) is 10.1 Å². The predicted octanol–water partition coefficient (Wildman–Crippen LogP) is 0.545. The van der Waals surface area contributed by atoms with E-state index >= 15 is 0 Å². The van der Waals surface area contributed by atoms with Crippen LogP contribution in [0.5, 0.6) is 0 Å². The van der Waals surface area contributed by atoms with Crippen LogP contribution in [0.4, 0.5) is 11.8 Å². The van der Waals surface area contributed by atoms with Crippen LogP contribution in [-0.4, -0.2) is 78.2 Å². The average Bonchev–Trinajstić information content (AvgIpc) is 3.05. The molecule has 9 nitrogen and oxygen atoms in total. The summed E-state index contributed by atoms with van der Waals surface area (Å²) >= 11 is 0. The molecule has 2 saturated heterocycles. The molecular formula is C20H23N7O2. The smallest absolute Gasteiger partial charge is 0.229 e. The van der Waals surface area contributed by atoms with Crippen LogP contribution in [0.15, 0.2) is 36.8 Å². The van der Waals surface area contributed by atoms with Crippen LogP contribution in [0.25, 0.3) is 0 Å². The minimum absolute atomic E-state index is 0.0833. The van der Waals surface area contributed by atoms with Crippen molar-refractivity contribution >= 4 is 17.7 Å². The molecule has 2 aromatic heterocycles. The van der Waals surface area contributed by atoms with Crippen molar-refractivity contribution in [1.29, 1.82) is 5.26 Å². The van der Waals surface area contributed by atoms with Crippen molar-refractivity contribution in [3.05, 3.63) is 42.4 Å². The number of carbonyl (C=O) groups is 1. The second kappa shape index (κ2) is 8.84. The lowest BCUT2D eigenvalue weighted by molar-refractivity contribution is -0.137. The van der Waals surface area contributed by atoms with Gasteiger partial charge in [-0.1, -0.05) is 0 Å². The van der Waals surface area contributed by atoms with E-state index < -0.39 is 0 Å². The van der Waals surface area contributed by atoms with Crippen LogP contribution < -0.4 is 9.80 Å². The number of nitrogens with zero attached hydrogens (tertiary/aromatic N) is 7. The molecule has 0 aliphatic carbocycles. The van der Waals surface area contributed by atoms with E-state index in [0.29, 0.717) is 69.8 Å². The molecule has 4 heterocycles. The maximum Gasteiger partial charge on any atom is 0.229 e. The standard InChI is InChI=1S/C20H23N7O2/c21-13-16-3-1-4-22-18(16)27-11-12-29-15-17(14-27)19(28)25-7-9-26(10-8-25)20-23-5-2-6-24-20/h1-6,17H,7-12,14-15H2. The summed E-state index contributed by atoms with van der Waals surface area (Å²) < 4.78 is 5.70. The van der Waals surface area contributed by atoms with Crippen LogP contribution in [0.1, 0.15) is 5.56 Å². The highest BCUT2D eigenvalue weighted by Crippen LogP contribution is 2.21. The molecule has 150 valence electrons. The third-order valence-corrected chi connectivity index (χ3v) is 5.25. The van der Waals surface area contributed by atoms with Gasteiger partial charge in [-0.25, -0.2) is 15.0 Å². The quantitative estimate of drug-likeness (QED) is 0.745. The molecule has 4 rings (SSSR count). The van der Waals surface area contributed by atoms with Gasteiger partial charge in [0.05, 0.1) is 24.7 Å². The average molecular weight is 393 g/mol. The highest BCUT2D eigenvalue weighted by molar-refractivity contribution is 5.80. The zero-order chi connectivity index (χ0) is 20.1. The molecule has 0 radical (unpaired) electrons. The molecule has 1 unspecified atom stereocenters. The molecule has 2 aliphatic heterocycles. The Morgan fingerprint density at radius 2 is 1.79 bits per heavy atom. The van der Waals surface area contributed by atoms with Crippen molar-refractivity contribution in [3.8, 4) is 6.07 Å². The number of hydrogen-bond acceptors (Lipinski definition) is 8. The predicted molar refractivity (Wildman–Crippen MR) is 106 cm³/mol. The van der Waals surface area contributed by atoms with Gasteiger partial charge >= 0.3 is 0 Å². The summed E-state index contributed by atoms with van der Waals surface area (Å²) in [5, 5.41) is 9.38. The van der Waals surface area contributed by atoms with Gasteiger partial charge in [0.25, 0.3) is 0 Å². The molecule has 9 heteroatoms. The Bertz CT molecular complexity index is 878. The number of hydrogen-bond donors (Lipinski definition) is 0. The Balaban J connectivity index is 1.41. The summed E-state index contributed by atoms with van der Waals surface area (Å²) in [6, 6.07) is 7.47. The first-order valence-electron chi connectivity index (χ1n) is 9.75.